The van der Waals surface area contributed by atoms with E-state index in [4.69, 9.17) is 0 Å². The molecule has 2 aliphatic heterocycles. The summed E-state index contributed by atoms with van der Waals surface area (Å²) < 4.78 is 0. The van der Waals surface area contributed by atoms with E-state index in [1.807, 2.05) is 11.8 Å². The average Bonchev–Trinajstić information content (AvgIpc) is 3.08. The Morgan fingerprint density at radius 1 is 1.56 bits per heavy atom. The van der Waals surface area contributed by atoms with Crippen molar-refractivity contribution in [1.82, 2.24) is 10.2 Å². The van der Waals surface area contributed by atoms with Crippen molar-refractivity contribution in [2.24, 2.45) is 0 Å². The fraction of sp³-hybridized carbons (Fsp3) is 0.615. The summed E-state index contributed by atoms with van der Waals surface area (Å²) in [6.07, 6.45) is 2.11. The minimum Gasteiger partial charge on any atom is -0.317 e. The maximum atomic E-state index is 12.5. The van der Waals surface area contributed by atoms with Gasteiger partial charge in [0.1, 0.15) is 6.17 Å². The van der Waals surface area contributed by atoms with Crippen LogP contribution in [-0.4, -0.2) is 34.4 Å². The van der Waals surface area contributed by atoms with Crippen LogP contribution >= 0.6 is 23.1 Å². The van der Waals surface area contributed by atoms with Gasteiger partial charge in [-0.05, 0) is 30.0 Å². The molecule has 3 atom stereocenters. The van der Waals surface area contributed by atoms with E-state index in [9.17, 15) is 4.79 Å². The predicted molar refractivity (Wildman–Crippen MR) is 76.9 cm³/mol. The lowest BCUT2D eigenvalue weighted by Crippen LogP contribution is -2.40. The standard InChI is InChI=1S/C13H18N2OS2/c1-2-10-13(16)15(9-5-7-17-8-9)12(14-10)11-4-3-6-18-11/h3-4,6,9-10,12,14H,2,5,7-8H2,1H3. The first-order valence-corrected chi connectivity index (χ1v) is 8.54. The number of carbonyl (C=O) groups excluding carboxylic acids is 1. The summed E-state index contributed by atoms with van der Waals surface area (Å²) in [5.41, 5.74) is 0. The number of carbonyl (C=O) groups is 1. The molecule has 3 unspecified atom stereocenters. The van der Waals surface area contributed by atoms with Crippen LogP contribution in [0.5, 0.6) is 0 Å². The van der Waals surface area contributed by atoms with Crippen molar-refractivity contribution in [3.63, 3.8) is 0 Å². The summed E-state index contributed by atoms with van der Waals surface area (Å²) >= 11 is 3.70. The third-order valence-corrected chi connectivity index (χ3v) is 5.78. The Morgan fingerprint density at radius 2 is 2.44 bits per heavy atom. The molecule has 1 aromatic heterocycles. The lowest BCUT2D eigenvalue weighted by molar-refractivity contribution is -0.131. The van der Waals surface area contributed by atoms with E-state index in [2.05, 4.69) is 34.7 Å². The van der Waals surface area contributed by atoms with Crippen molar-refractivity contribution in [3.8, 4) is 0 Å². The molecule has 1 aromatic rings. The van der Waals surface area contributed by atoms with Crippen molar-refractivity contribution in [2.75, 3.05) is 11.5 Å². The Bertz CT molecular complexity index is 415. The predicted octanol–water partition coefficient (Wildman–Crippen LogP) is 2.46. The molecule has 0 spiro atoms. The maximum Gasteiger partial charge on any atom is 0.241 e. The van der Waals surface area contributed by atoms with Crippen LogP contribution in [0.2, 0.25) is 0 Å². The number of thioether (sulfide) groups is 1. The van der Waals surface area contributed by atoms with Crippen molar-refractivity contribution in [1.29, 1.82) is 0 Å². The monoisotopic (exact) mass is 282 g/mol. The SMILES string of the molecule is CCC1NC(c2cccs2)N(C2CCSC2)C1=O. The van der Waals surface area contributed by atoms with E-state index < -0.39 is 0 Å². The molecule has 0 bridgehead atoms. The third kappa shape index (κ3) is 2.08. The van der Waals surface area contributed by atoms with Crippen LogP contribution in [0.3, 0.4) is 0 Å². The highest BCUT2D eigenvalue weighted by molar-refractivity contribution is 7.99. The molecule has 0 aromatic carbocycles. The smallest absolute Gasteiger partial charge is 0.241 e. The Hall–Kier alpha value is -0.520. The van der Waals surface area contributed by atoms with Crippen LogP contribution in [0.1, 0.15) is 30.8 Å². The van der Waals surface area contributed by atoms with E-state index >= 15 is 0 Å². The zero-order valence-electron chi connectivity index (χ0n) is 10.5. The molecule has 1 amide bonds. The zero-order valence-corrected chi connectivity index (χ0v) is 12.1. The number of hydrogen-bond donors (Lipinski definition) is 1. The molecule has 98 valence electrons. The fourth-order valence-corrected chi connectivity index (χ4v) is 4.73. The van der Waals surface area contributed by atoms with Gasteiger partial charge in [0.25, 0.3) is 0 Å². The second-order valence-electron chi connectivity index (χ2n) is 4.81. The summed E-state index contributed by atoms with van der Waals surface area (Å²) in [7, 11) is 0. The van der Waals surface area contributed by atoms with Gasteiger partial charge in [-0.2, -0.15) is 11.8 Å². The minimum atomic E-state index is 0.00250. The number of nitrogens with zero attached hydrogens (tertiary/aromatic N) is 1. The zero-order chi connectivity index (χ0) is 12.5. The van der Waals surface area contributed by atoms with Gasteiger partial charge in [-0.3, -0.25) is 10.1 Å². The topological polar surface area (TPSA) is 32.3 Å². The van der Waals surface area contributed by atoms with Crippen LogP contribution < -0.4 is 5.32 Å². The normalized spacial score (nSPS) is 32.4. The lowest BCUT2D eigenvalue weighted by atomic mass is 10.2. The average molecular weight is 282 g/mol. The molecule has 0 aliphatic carbocycles. The first-order chi connectivity index (χ1) is 8.81. The number of hydrogen-bond acceptors (Lipinski definition) is 4. The van der Waals surface area contributed by atoms with Gasteiger partial charge in [0.05, 0.1) is 6.04 Å². The summed E-state index contributed by atoms with van der Waals surface area (Å²) in [6, 6.07) is 4.61. The van der Waals surface area contributed by atoms with Gasteiger partial charge in [-0.1, -0.05) is 13.0 Å². The van der Waals surface area contributed by atoms with E-state index in [1.165, 1.54) is 10.6 Å². The van der Waals surface area contributed by atoms with Crippen LogP contribution in [0.4, 0.5) is 0 Å². The third-order valence-electron chi connectivity index (χ3n) is 3.71. The van der Waals surface area contributed by atoms with Gasteiger partial charge in [-0.25, -0.2) is 0 Å². The number of amides is 1. The molecule has 0 saturated carbocycles. The van der Waals surface area contributed by atoms with Crippen molar-refractivity contribution in [3.05, 3.63) is 22.4 Å². The molecule has 3 heterocycles. The van der Waals surface area contributed by atoms with E-state index in [-0.39, 0.29) is 12.2 Å². The molecule has 2 fully saturated rings. The Kier molecular flexibility index (Phi) is 3.63. The first kappa shape index (κ1) is 12.5. The van der Waals surface area contributed by atoms with Gasteiger partial charge in [0, 0.05) is 16.7 Å². The maximum absolute atomic E-state index is 12.5. The van der Waals surface area contributed by atoms with Gasteiger partial charge < -0.3 is 4.90 Å². The van der Waals surface area contributed by atoms with Crippen LogP contribution in [0.15, 0.2) is 17.5 Å². The molecule has 18 heavy (non-hydrogen) atoms. The Labute approximate surface area is 116 Å². The second-order valence-corrected chi connectivity index (χ2v) is 6.94. The lowest BCUT2D eigenvalue weighted by Gasteiger charge is -2.29. The molecule has 2 saturated heterocycles. The minimum absolute atomic E-state index is 0.00250. The number of thiophene rings is 1. The highest BCUT2D eigenvalue weighted by atomic mass is 32.2. The molecule has 3 rings (SSSR count). The molecule has 5 heteroatoms. The molecule has 2 aliphatic rings. The summed E-state index contributed by atoms with van der Waals surface area (Å²) in [5.74, 6) is 2.57. The van der Waals surface area contributed by atoms with Crippen LogP contribution in [-0.2, 0) is 4.79 Å². The number of rotatable bonds is 3. The van der Waals surface area contributed by atoms with E-state index in [0.717, 1.165) is 18.6 Å². The second kappa shape index (κ2) is 5.23. The quantitative estimate of drug-likeness (QED) is 0.924. The summed E-state index contributed by atoms with van der Waals surface area (Å²) in [5, 5.41) is 5.58. The van der Waals surface area contributed by atoms with Gasteiger partial charge >= 0.3 is 0 Å². The van der Waals surface area contributed by atoms with Crippen LogP contribution in [0.25, 0.3) is 0 Å². The summed E-state index contributed by atoms with van der Waals surface area (Å²) in [4.78, 5) is 15.9. The van der Waals surface area contributed by atoms with Gasteiger partial charge in [-0.15, -0.1) is 11.3 Å². The van der Waals surface area contributed by atoms with Crippen molar-refractivity contribution >= 4 is 29.0 Å². The Morgan fingerprint density at radius 3 is 3.06 bits per heavy atom. The molecule has 3 nitrogen and oxygen atoms in total. The highest BCUT2D eigenvalue weighted by Crippen LogP contribution is 2.35. The molecular weight excluding hydrogens is 264 g/mol. The molecule has 1 N–H and O–H groups in total. The molecule has 0 radical (unpaired) electrons. The van der Waals surface area contributed by atoms with Gasteiger partial charge in [0.15, 0.2) is 0 Å². The van der Waals surface area contributed by atoms with E-state index in [1.54, 1.807) is 11.3 Å². The highest BCUT2D eigenvalue weighted by Gasteiger charge is 2.43. The summed E-state index contributed by atoms with van der Waals surface area (Å²) in [6.45, 7) is 2.08. The molecular formula is C13H18N2OS2. The van der Waals surface area contributed by atoms with Crippen molar-refractivity contribution in [2.45, 2.75) is 38.0 Å². The Balaban J connectivity index is 1.88. The van der Waals surface area contributed by atoms with Crippen LogP contribution in [0, 0.1) is 0 Å². The largest absolute Gasteiger partial charge is 0.317 e. The van der Waals surface area contributed by atoms with Gasteiger partial charge in [0.2, 0.25) is 5.91 Å². The van der Waals surface area contributed by atoms with E-state index in [0.29, 0.717) is 11.9 Å². The van der Waals surface area contributed by atoms with Crippen molar-refractivity contribution < 1.29 is 4.79 Å². The fourth-order valence-electron chi connectivity index (χ4n) is 2.74. The number of nitrogens with one attached hydrogen (secondary N) is 1. The first-order valence-electron chi connectivity index (χ1n) is 6.50.